The van der Waals surface area contributed by atoms with Gasteiger partial charge in [0.1, 0.15) is 0 Å². The Kier molecular flexibility index (Phi) is 6.65. The van der Waals surface area contributed by atoms with Crippen molar-refractivity contribution >= 4 is 5.96 Å². The standard InChI is InChI=1S/C12H23N3O/c1-2-3-9-16-10-8-14-12(13)15-11-6-4-5-7-11/h2,11H,1,3-10H2,(H3,13,14,15). The van der Waals surface area contributed by atoms with E-state index in [1.165, 1.54) is 25.7 Å². The number of ether oxygens (including phenoxy) is 1. The van der Waals surface area contributed by atoms with Crippen LogP contribution < -0.4 is 11.1 Å². The number of nitrogens with zero attached hydrogens (tertiary/aromatic N) is 1. The molecule has 0 bridgehead atoms. The fourth-order valence-corrected chi connectivity index (χ4v) is 1.82. The zero-order valence-corrected chi connectivity index (χ0v) is 9.95. The van der Waals surface area contributed by atoms with Crippen LogP contribution in [-0.4, -0.2) is 31.8 Å². The molecule has 1 saturated carbocycles. The molecule has 1 aliphatic rings. The average molecular weight is 225 g/mol. The van der Waals surface area contributed by atoms with Crippen LogP contribution in [0.1, 0.15) is 32.1 Å². The zero-order chi connectivity index (χ0) is 11.6. The second-order valence-electron chi connectivity index (χ2n) is 4.08. The van der Waals surface area contributed by atoms with E-state index in [1.54, 1.807) is 0 Å². The maximum Gasteiger partial charge on any atom is 0.188 e. The van der Waals surface area contributed by atoms with Gasteiger partial charge < -0.3 is 15.8 Å². The van der Waals surface area contributed by atoms with Gasteiger partial charge in [0.15, 0.2) is 5.96 Å². The summed E-state index contributed by atoms with van der Waals surface area (Å²) < 4.78 is 5.33. The molecule has 0 unspecified atom stereocenters. The number of rotatable bonds is 7. The van der Waals surface area contributed by atoms with Crippen molar-refractivity contribution in [2.45, 2.75) is 38.1 Å². The molecule has 0 aromatic rings. The lowest BCUT2D eigenvalue weighted by Crippen LogP contribution is -2.38. The lowest BCUT2D eigenvalue weighted by atomic mass is 10.2. The van der Waals surface area contributed by atoms with Gasteiger partial charge >= 0.3 is 0 Å². The molecule has 16 heavy (non-hydrogen) atoms. The molecule has 0 aliphatic heterocycles. The van der Waals surface area contributed by atoms with Crippen LogP contribution in [0.3, 0.4) is 0 Å². The molecule has 0 atom stereocenters. The van der Waals surface area contributed by atoms with E-state index in [2.05, 4.69) is 16.9 Å². The van der Waals surface area contributed by atoms with Crippen LogP contribution in [0.2, 0.25) is 0 Å². The molecule has 4 heteroatoms. The average Bonchev–Trinajstić information content (AvgIpc) is 2.76. The van der Waals surface area contributed by atoms with E-state index >= 15 is 0 Å². The van der Waals surface area contributed by atoms with Crippen molar-refractivity contribution in [3.63, 3.8) is 0 Å². The minimum atomic E-state index is 0.533. The molecule has 3 N–H and O–H groups in total. The van der Waals surface area contributed by atoms with Crippen molar-refractivity contribution in [1.29, 1.82) is 0 Å². The van der Waals surface area contributed by atoms with Crippen molar-refractivity contribution in [3.8, 4) is 0 Å². The van der Waals surface area contributed by atoms with Crippen LogP contribution in [0.5, 0.6) is 0 Å². The molecule has 1 fully saturated rings. The summed E-state index contributed by atoms with van der Waals surface area (Å²) in [6.45, 7) is 5.60. The Bertz CT molecular complexity index is 222. The highest BCUT2D eigenvalue weighted by molar-refractivity contribution is 5.78. The van der Waals surface area contributed by atoms with Crippen LogP contribution in [0.15, 0.2) is 17.6 Å². The van der Waals surface area contributed by atoms with Gasteiger partial charge in [-0.05, 0) is 19.3 Å². The summed E-state index contributed by atoms with van der Waals surface area (Å²) in [5.41, 5.74) is 5.76. The number of nitrogens with two attached hydrogens (primary N) is 1. The highest BCUT2D eigenvalue weighted by Crippen LogP contribution is 2.17. The lowest BCUT2D eigenvalue weighted by molar-refractivity contribution is 0.146. The van der Waals surface area contributed by atoms with Crippen molar-refractivity contribution in [1.82, 2.24) is 5.32 Å². The van der Waals surface area contributed by atoms with Crippen molar-refractivity contribution in [2.24, 2.45) is 10.7 Å². The van der Waals surface area contributed by atoms with Crippen LogP contribution in [0, 0.1) is 0 Å². The third-order valence-electron chi connectivity index (χ3n) is 2.69. The van der Waals surface area contributed by atoms with E-state index in [0.717, 1.165) is 13.0 Å². The number of aliphatic imine (C=N–C) groups is 1. The molecular formula is C12H23N3O. The first-order valence-electron chi connectivity index (χ1n) is 6.08. The Morgan fingerprint density at radius 1 is 1.44 bits per heavy atom. The largest absolute Gasteiger partial charge is 0.379 e. The fourth-order valence-electron chi connectivity index (χ4n) is 1.82. The van der Waals surface area contributed by atoms with Crippen molar-refractivity contribution in [3.05, 3.63) is 12.7 Å². The third kappa shape index (κ3) is 5.75. The number of guanidine groups is 1. The first kappa shape index (κ1) is 13.0. The Morgan fingerprint density at radius 3 is 2.88 bits per heavy atom. The quantitative estimate of drug-likeness (QED) is 0.298. The van der Waals surface area contributed by atoms with Gasteiger partial charge in [0.2, 0.25) is 0 Å². The zero-order valence-electron chi connectivity index (χ0n) is 9.95. The molecule has 4 nitrogen and oxygen atoms in total. The van der Waals surface area contributed by atoms with E-state index in [4.69, 9.17) is 10.5 Å². The van der Waals surface area contributed by atoms with Crippen molar-refractivity contribution < 1.29 is 4.74 Å². The van der Waals surface area contributed by atoms with Gasteiger partial charge in [0, 0.05) is 6.04 Å². The Labute approximate surface area is 98.0 Å². The Morgan fingerprint density at radius 2 is 2.19 bits per heavy atom. The topological polar surface area (TPSA) is 59.6 Å². The molecule has 1 rings (SSSR count). The van der Waals surface area contributed by atoms with Crippen molar-refractivity contribution in [2.75, 3.05) is 19.8 Å². The van der Waals surface area contributed by atoms with E-state index in [0.29, 0.717) is 25.2 Å². The molecule has 0 aromatic carbocycles. The van der Waals surface area contributed by atoms with Gasteiger partial charge in [-0.2, -0.15) is 0 Å². The minimum absolute atomic E-state index is 0.533. The van der Waals surface area contributed by atoms with Crippen LogP contribution in [0.25, 0.3) is 0 Å². The number of hydrogen-bond acceptors (Lipinski definition) is 2. The molecule has 0 heterocycles. The first-order valence-corrected chi connectivity index (χ1v) is 6.08. The molecule has 0 spiro atoms. The van der Waals surface area contributed by atoms with Crippen LogP contribution in [-0.2, 0) is 4.74 Å². The van der Waals surface area contributed by atoms with Crippen LogP contribution in [0.4, 0.5) is 0 Å². The number of hydrogen-bond donors (Lipinski definition) is 2. The maximum atomic E-state index is 5.76. The lowest BCUT2D eigenvalue weighted by Gasteiger charge is -2.12. The van der Waals surface area contributed by atoms with E-state index < -0.39 is 0 Å². The smallest absolute Gasteiger partial charge is 0.188 e. The Hall–Kier alpha value is -1.03. The normalized spacial score (nSPS) is 17.6. The number of nitrogens with one attached hydrogen (secondary N) is 1. The van der Waals surface area contributed by atoms with E-state index in [-0.39, 0.29) is 0 Å². The molecule has 0 saturated heterocycles. The summed E-state index contributed by atoms with van der Waals surface area (Å²) >= 11 is 0. The van der Waals surface area contributed by atoms with Gasteiger partial charge in [0.05, 0.1) is 19.8 Å². The highest BCUT2D eigenvalue weighted by Gasteiger charge is 2.14. The SMILES string of the molecule is C=CCCOCCN=C(N)NC1CCCC1. The molecule has 0 radical (unpaired) electrons. The predicted octanol–water partition coefficient (Wildman–Crippen LogP) is 1.43. The molecule has 1 aliphatic carbocycles. The van der Waals surface area contributed by atoms with Gasteiger partial charge in [-0.15, -0.1) is 6.58 Å². The molecule has 92 valence electrons. The predicted molar refractivity (Wildman–Crippen MR) is 67.5 cm³/mol. The third-order valence-corrected chi connectivity index (χ3v) is 2.69. The summed E-state index contributed by atoms with van der Waals surface area (Å²) in [6, 6.07) is 0.533. The first-order chi connectivity index (χ1) is 7.83. The van der Waals surface area contributed by atoms with Crippen LogP contribution >= 0.6 is 0 Å². The van der Waals surface area contributed by atoms with Gasteiger partial charge in [0.25, 0.3) is 0 Å². The molecule has 0 amide bonds. The fraction of sp³-hybridized carbons (Fsp3) is 0.750. The summed E-state index contributed by atoms with van der Waals surface area (Å²) in [5, 5.41) is 3.24. The monoisotopic (exact) mass is 225 g/mol. The maximum absolute atomic E-state index is 5.76. The van der Waals surface area contributed by atoms with E-state index in [1.807, 2.05) is 6.08 Å². The summed E-state index contributed by atoms with van der Waals surface area (Å²) in [5.74, 6) is 0.555. The highest BCUT2D eigenvalue weighted by atomic mass is 16.5. The van der Waals surface area contributed by atoms with E-state index in [9.17, 15) is 0 Å². The summed E-state index contributed by atoms with van der Waals surface area (Å²) in [6.07, 6.45) is 7.77. The summed E-state index contributed by atoms with van der Waals surface area (Å²) in [4.78, 5) is 4.22. The van der Waals surface area contributed by atoms with Gasteiger partial charge in [-0.3, -0.25) is 4.99 Å². The second-order valence-corrected chi connectivity index (χ2v) is 4.08. The summed E-state index contributed by atoms with van der Waals surface area (Å²) in [7, 11) is 0. The molecule has 0 aromatic heterocycles. The van der Waals surface area contributed by atoms with Gasteiger partial charge in [-0.25, -0.2) is 0 Å². The van der Waals surface area contributed by atoms with Gasteiger partial charge in [-0.1, -0.05) is 18.9 Å². The Balaban J connectivity index is 2.01. The second kappa shape index (κ2) is 8.16. The molecular weight excluding hydrogens is 202 g/mol. The minimum Gasteiger partial charge on any atom is -0.379 e.